The zero-order chi connectivity index (χ0) is 7.14. The molecule has 1 nitrogen and oxygen atoms in total. The maximum Gasteiger partial charge on any atom is 0.0167 e. The molecule has 0 amide bonds. The molecule has 2 fully saturated rings. The topological polar surface area (TPSA) is 12.0 Å². The smallest absolute Gasteiger partial charge is 0.0167 e. The fourth-order valence-corrected chi connectivity index (χ4v) is 2.14. The normalized spacial score (nSPS) is 45.1. The predicted molar refractivity (Wildman–Crippen MR) is 42.7 cm³/mol. The van der Waals surface area contributed by atoms with Crippen molar-refractivity contribution in [2.45, 2.75) is 18.9 Å². The van der Waals surface area contributed by atoms with Gasteiger partial charge in [0.1, 0.15) is 0 Å². The lowest BCUT2D eigenvalue weighted by atomic mass is 10.2. The molecule has 0 aliphatic heterocycles. The van der Waals surface area contributed by atoms with E-state index in [1.165, 1.54) is 12.8 Å². The van der Waals surface area contributed by atoms with Crippen LogP contribution in [0.3, 0.4) is 0 Å². The lowest BCUT2D eigenvalue weighted by Crippen LogP contribution is -2.12. The molecular weight excluding hydrogens is 122 g/mol. The molecule has 0 bridgehead atoms. The van der Waals surface area contributed by atoms with E-state index in [2.05, 4.69) is 25.0 Å². The van der Waals surface area contributed by atoms with Gasteiger partial charge < -0.3 is 5.32 Å². The average Bonchev–Trinajstić information content (AvgIpc) is 2.82. The second-order valence-corrected chi connectivity index (χ2v) is 3.54. The van der Waals surface area contributed by atoms with Crippen LogP contribution in [-0.4, -0.2) is 13.1 Å². The highest BCUT2D eigenvalue weighted by atomic mass is 15.0. The average molecular weight is 137 g/mol. The summed E-state index contributed by atoms with van der Waals surface area (Å²) in [5, 5.41) is 3.34. The summed E-state index contributed by atoms with van der Waals surface area (Å²) in [5.41, 5.74) is 0. The second-order valence-electron chi connectivity index (χ2n) is 3.54. The van der Waals surface area contributed by atoms with Gasteiger partial charge in [-0.1, -0.05) is 6.08 Å². The summed E-state index contributed by atoms with van der Waals surface area (Å²) in [6.45, 7) is 3.84. The molecule has 0 spiro atoms. The standard InChI is InChI=1S/C9H15N/c1-3-7-8(6-4-5-6)9(7)10-2/h3,6-10H,1,4-5H2,2H3. The number of rotatable bonds is 3. The number of hydrogen-bond acceptors (Lipinski definition) is 1. The monoisotopic (exact) mass is 137 g/mol. The zero-order valence-corrected chi connectivity index (χ0v) is 6.51. The van der Waals surface area contributed by atoms with Crippen LogP contribution in [0.15, 0.2) is 12.7 Å². The van der Waals surface area contributed by atoms with Gasteiger partial charge in [0.2, 0.25) is 0 Å². The van der Waals surface area contributed by atoms with Crippen LogP contribution in [0.4, 0.5) is 0 Å². The van der Waals surface area contributed by atoms with Gasteiger partial charge in [0.15, 0.2) is 0 Å². The van der Waals surface area contributed by atoms with E-state index in [0.717, 1.165) is 23.8 Å². The van der Waals surface area contributed by atoms with Crippen LogP contribution in [0.5, 0.6) is 0 Å². The van der Waals surface area contributed by atoms with Gasteiger partial charge >= 0.3 is 0 Å². The van der Waals surface area contributed by atoms with Crippen LogP contribution in [-0.2, 0) is 0 Å². The Morgan fingerprint density at radius 2 is 2.20 bits per heavy atom. The van der Waals surface area contributed by atoms with Crippen LogP contribution in [0, 0.1) is 17.8 Å². The lowest BCUT2D eigenvalue weighted by molar-refractivity contribution is 0.633. The Morgan fingerprint density at radius 3 is 2.50 bits per heavy atom. The van der Waals surface area contributed by atoms with Crippen molar-refractivity contribution in [3.05, 3.63) is 12.7 Å². The van der Waals surface area contributed by atoms with Crippen LogP contribution >= 0.6 is 0 Å². The van der Waals surface area contributed by atoms with E-state index < -0.39 is 0 Å². The highest BCUT2D eigenvalue weighted by Gasteiger charge is 2.54. The summed E-state index contributed by atoms with van der Waals surface area (Å²) in [4.78, 5) is 0. The first-order chi connectivity index (χ1) is 4.88. The molecule has 0 heterocycles. The molecule has 10 heavy (non-hydrogen) atoms. The molecule has 0 aromatic carbocycles. The zero-order valence-electron chi connectivity index (χ0n) is 6.51. The Kier molecular flexibility index (Phi) is 1.34. The predicted octanol–water partition coefficient (Wildman–Crippen LogP) is 1.42. The maximum atomic E-state index is 3.84. The lowest BCUT2D eigenvalue weighted by Gasteiger charge is -1.90. The number of nitrogens with one attached hydrogen (secondary N) is 1. The van der Waals surface area contributed by atoms with Crippen LogP contribution < -0.4 is 5.32 Å². The Bertz CT molecular complexity index is 149. The molecule has 2 saturated carbocycles. The molecular formula is C9H15N. The Hall–Kier alpha value is -0.300. The molecule has 2 aliphatic carbocycles. The first kappa shape index (κ1) is 6.41. The van der Waals surface area contributed by atoms with Crippen molar-refractivity contribution < 1.29 is 0 Å². The fourth-order valence-electron chi connectivity index (χ4n) is 2.14. The Balaban J connectivity index is 1.92. The summed E-state index contributed by atoms with van der Waals surface area (Å²) in [5.74, 6) is 2.78. The van der Waals surface area contributed by atoms with Crippen LogP contribution in [0.2, 0.25) is 0 Å². The molecule has 2 aliphatic rings. The Labute approximate surface area is 62.5 Å². The van der Waals surface area contributed by atoms with Crippen LogP contribution in [0.1, 0.15) is 12.8 Å². The Morgan fingerprint density at radius 1 is 1.50 bits per heavy atom. The van der Waals surface area contributed by atoms with Gasteiger partial charge in [0.05, 0.1) is 0 Å². The van der Waals surface area contributed by atoms with E-state index in [0.29, 0.717) is 0 Å². The van der Waals surface area contributed by atoms with Crippen molar-refractivity contribution in [3.63, 3.8) is 0 Å². The summed E-state index contributed by atoms with van der Waals surface area (Å²) in [7, 11) is 2.06. The molecule has 3 atom stereocenters. The third-order valence-electron chi connectivity index (χ3n) is 2.90. The van der Waals surface area contributed by atoms with Gasteiger partial charge in [-0.05, 0) is 37.6 Å². The quantitative estimate of drug-likeness (QED) is 0.580. The molecule has 1 heteroatoms. The van der Waals surface area contributed by atoms with Gasteiger partial charge in [-0.25, -0.2) is 0 Å². The summed E-state index contributed by atoms with van der Waals surface area (Å²) >= 11 is 0. The van der Waals surface area contributed by atoms with Crippen molar-refractivity contribution in [1.29, 1.82) is 0 Å². The highest BCUT2D eigenvalue weighted by Crippen LogP contribution is 2.54. The third kappa shape index (κ3) is 0.807. The van der Waals surface area contributed by atoms with E-state index in [9.17, 15) is 0 Å². The molecule has 0 radical (unpaired) electrons. The largest absolute Gasteiger partial charge is 0.316 e. The van der Waals surface area contributed by atoms with E-state index >= 15 is 0 Å². The summed E-state index contributed by atoms with van der Waals surface area (Å²) in [6.07, 6.45) is 5.05. The summed E-state index contributed by atoms with van der Waals surface area (Å²) < 4.78 is 0. The van der Waals surface area contributed by atoms with Crippen LogP contribution in [0.25, 0.3) is 0 Å². The molecule has 56 valence electrons. The highest BCUT2D eigenvalue weighted by molar-refractivity contribution is 5.14. The van der Waals surface area contributed by atoms with Gasteiger partial charge in [0.25, 0.3) is 0 Å². The van der Waals surface area contributed by atoms with Crippen molar-refractivity contribution in [2.75, 3.05) is 7.05 Å². The first-order valence-electron chi connectivity index (χ1n) is 4.18. The van der Waals surface area contributed by atoms with Crippen molar-refractivity contribution >= 4 is 0 Å². The van der Waals surface area contributed by atoms with Gasteiger partial charge in [-0.15, -0.1) is 6.58 Å². The maximum absolute atomic E-state index is 3.84. The molecule has 2 rings (SSSR count). The first-order valence-corrected chi connectivity index (χ1v) is 4.18. The van der Waals surface area contributed by atoms with Gasteiger partial charge in [-0.2, -0.15) is 0 Å². The molecule has 0 saturated heterocycles. The minimum atomic E-state index is 0.769. The number of hydrogen-bond donors (Lipinski definition) is 1. The fraction of sp³-hybridized carbons (Fsp3) is 0.778. The van der Waals surface area contributed by atoms with E-state index in [-0.39, 0.29) is 0 Å². The van der Waals surface area contributed by atoms with Gasteiger partial charge in [-0.3, -0.25) is 0 Å². The SMILES string of the molecule is C=CC1C(NC)C1C1CC1. The van der Waals surface area contributed by atoms with Crippen molar-refractivity contribution in [2.24, 2.45) is 17.8 Å². The minimum absolute atomic E-state index is 0.769. The summed E-state index contributed by atoms with van der Waals surface area (Å²) in [6, 6.07) is 0.769. The molecule has 3 unspecified atom stereocenters. The second kappa shape index (κ2) is 2.09. The van der Waals surface area contributed by atoms with E-state index in [4.69, 9.17) is 0 Å². The van der Waals surface area contributed by atoms with Gasteiger partial charge in [0, 0.05) is 6.04 Å². The molecule has 1 N–H and O–H groups in total. The third-order valence-corrected chi connectivity index (χ3v) is 2.90. The molecule has 0 aromatic heterocycles. The van der Waals surface area contributed by atoms with E-state index in [1.54, 1.807) is 0 Å². The van der Waals surface area contributed by atoms with Crippen molar-refractivity contribution in [1.82, 2.24) is 5.32 Å². The minimum Gasteiger partial charge on any atom is -0.316 e. The van der Waals surface area contributed by atoms with E-state index in [1.807, 2.05) is 0 Å². The molecule has 0 aromatic rings. The van der Waals surface area contributed by atoms with Crippen molar-refractivity contribution in [3.8, 4) is 0 Å².